The second kappa shape index (κ2) is 10.4. The molecular formula is C20H21N5O5S2. The van der Waals surface area contributed by atoms with Gasteiger partial charge in [0.05, 0.1) is 31.5 Å². The molecule has 10 nitrogen and oxygen atoms in total. The molecule has 0 aliphatic carbocycles. The molecule has 0 bridgehead atoms. The summed E-state index contributed by atoms with van der Waals surface area (Å²) in [7, 11) is 1.49. The molecule has 4 rings (SSSR count). The van der Waals surface area contributed by atoms with Crippen molar-refractivity contribution in [2.75, 3.05) is 38.3 Å². The molecule has 0 spiro atoms. The largest absolute Gasteiger partial charge is 0.493 e. The maximum atomic E-state index is 12.5. The fourth-order valence-corrected chi connectivity index (χ4v) is 4.31. The average molecular weight is 476 g/mol. The van der Waals surface area contributed by atoms with Gasteiger partial charge < -0.3 is 19.1 Å². The van der Waals surface area contributed by atoms with Crippen LogP contribution in [0.3, 0.4) is 0 Å². The van der Waals surface area contributed by atoms with Crippen molar-refractivity contribution in [1.82, 2.24) is 20.8 Å². The predicted molar refractivity (Wildman–Crippen MR) is 120 cm³/mol. The van der Waals surface area contributed by atoms with E-state index in [1.807, 2.05) is 5.38 Å². The molecule has 1 aliphatic heterocycles. The number of aromatic nitrogens is 2. The molecule has 0 radical (unpaired) electrons. The Hall–Kier alpha value is -3.22. The highest BCUT2D eigenvalue weighted by Gasteiger charge is 2.18. The molecule has 3 heterocycles. The summed E-state index contributed by atoms with van der Waals surface area (Å²) in [5.41, 5.74) is 7.86. The van der Waals surface area contributed by atoms with Gasteiger partial charge >= 0.3 is 0 Å². The maximum absolute atomic E-state index is 12.5. The van der Waals surface area contributed by atoms with E-state index in [0.717, 1.165) is 23.9 Å². The molecule has 0 saturated carbocycles. The van der Waals surface area contributed by atoms with E-state index in [4.69, 9.17) is 14.2 Å². The zero-order valence-corrected chi connectivity index (χ0v) is 18.8. The third-order valence-corrected chi connectivity index (χ3v) is 6.12. The van der Waals surface area contributed by atoms with Gasteiger partial charge in [-0.1, -0.05) is 0 Å². The second-order valence-electron chi connectivity index (χ2n) is 6.66. The van der Waals surface area contributed by atoms with Crippen molar-refractivity contribution in [3.05, 3.63) is 51.4 Å². The lowest BCUT2D eigenvalue weighted by Gasteiger charge is -2.25. The van der Waals surface area contributed by atoms with Gasteiger partial charge in [-0.15, -0.1) is 22.7 Å². The van der Waals surface area contributed by atoms with E-state index in [9.17, 15) is 9.59 Å². The SMILES string of the molecule is COc1cc(C(=O)NNC(=O)c2csc(N3CCOCC3)n2)ccc1OCc1cscn1. The highest BCUT2D eigenvalue weighted by Crippen LogP contribution is 2.29. The van der Waals surface area contributed by atoms with Crippen LogP contribution < -0.4 is 25.2 Å². The van der Waals surface area contributed by atoms with Gasteiger partial charge in [-0.05, 0) is 18.2 Å². The van der Waals surface area contributed by atoms with Gasteiger partial charge in [-0.2, -0.15) is 0 Å². The number of nitrogens with zero attached hydrogens (tertiary/aromatic N) is 3. The Morgan fingerprint density at radius 2 is 1.97 bits per heavy atom. The lowest BCUT2D eigenvalue weighted by Crippen LogP contribution is -2.42. The molecule has 168 valence electrons. The van der Waals surface area contributed by atoms with Crippen molar-refractivity contribution < 1.29 is 23.8 Å². The Kier molecular flexibility index (Phi) is 7.14. The van der Waals surface area contributed by atoms with Crippen LogP contribution in [0.25, 0.3) is 0 Å². The van der Waals surface area contributed by atoms with Gasteiger partial charge in [0, 0.05) is 29.4 Å². The number of nitrogens with one attached hydrogen (secondary N) is 2. The quantitative estimate of drug-likeness (QED) is 0.500. The minimum atomic E-state index is -0.496. The third-order valence-electron chi connectivity index (χ3n) is 4.58. The molecule has 1 fully saturated rings. The molecule has 3 aromatic rings. The summed E-state index contributed by atoms with van der Waals surface area (Å²) in [5.74, 6) is -0.108. The number of rotatable bonds is 7. The molecule has 0 unspecified atom stereocenters. The molecule has 32 heavy (non-hydrogen) atoms. The van der Waals surface area contributed by atoms with Crippen molar-refractivity contribution in [2.45, 2.75) is 6.61 Å². The first kappa shape index (κ1) is 22.0. The van der Waals surface area contributed by atoms with Crippen LogP contribution in [-0.4, -0.2) is 55.2 Å². The average Bonchev–Trinajstić information content (AvgIpc) is 3.54. The van der Waals surface area contributed by atoms with Gasteiger partial charge in [0.25, 0.3) is 11.8 Å². The second-order valence-corrected chi connectivity index (χ2v) is 8.21. The summed E-state index contributed by atoms with van der Waals surface area (Å²) < 4.78 is 16.4. The molecule has 2 aromatic heterocycles. The molecule has 12 heteroatoms. The van der Waals surface area contributed by atoms with Gasteiger partial charge in [-0.25, -0.2) is 9.97 Å². The number of methoxy groups -OCH3 is 1. The Bertz CT molecular complexity index is 1070. The smallest absolute Gasteiger partial charge is 0.289 e. The highest BCUT2D eigenvalue weighted by molar-refractivity contribution is 7.14. The van der Waals surface area contributed by atoms with Crippen LogP contribution in [0.15, 0.2) is 34.5 Å². The van der Waals surface area contributed by atoms with E-state index in [-0.39, 0.29) is 5.69 Å². The van der Waals surface area contributed by atoms with Crippen molar-refractivity contribution in [3.63, 3.8) is 0 Å². The Morgan fingerprint density at radius 1 is 1.16 bits per heavy atom. The molecule has 1 saturated heterocycles. The van der Waals surface area contributed by atoms with E-state index in [2.05, 4.69) is 25.7 Å². The van der Waals surface area contributed by atoms with Gasteiger partial charge in [0.2, 0.25) is 0 Å². The number of hydrazine groups is 1. The van der Waals surface area contributed by atoms with Gasteiger partial charge in [-0.3, -0.25) is 20.4 Å². The van der Waals surface area contributed by atoms with Crippen LogP contribution in [-0.2, 0) is 11.3 Å². The molecule has 1 aliphatic rings. The van der Waals surface area contributed by atoms with Crippen LogP contribution in [0.4, 0.5) is 5.13 Å². The van der Waals surface area contributed by atoms with Crippen molar-refractivity contribution in [1.29, 1.82) is 0 Å². The number of morpholine rings is 1. The number of carbonyl (C=O) groups excluding carboxylic acids is 2. The Labute approximate surface area is 192 Å². The number of carbonyl (C=O) groups is 2. The molecule has 2 amide bonds. The van der Waals surface area contributed by atoms with E-state index in [1.165, 1.54) is 35.8 Å². The van der Waals surface area contributed by atoms with Crippen molar-refractivity contribution in [3.8, 4) is 11.5 Å². The lowest BCUT2D eigenvalue weighted by molar-refractivity contribution is 0.0844. The summed E-state index contributed by atoms with van der Waals surface area (Å²) in [6, 6.07) is 4.76. The fourth-order valence-electron chi connectivity index (χ4n) is 2.91. The number of ether oxygens (including phenoxy) is 3. The van der Waals surface area contributed by atoms with Crippen molar-refractivity contribution in [2.24, 2.45) is 0 Å². The minimum absolute atomic E-state index is 0.236. The third kappa shape index (κ3) is 5.33. The van der Waals surface area contributed by atoms with Crippen LogP contribution >= 0.6 is 22.7 Å². The van der Waals surface area contributed by atoms with Gasteiger partial charge in [0.15, 0.2) is 16.6 Å². The van der Waals surface area contributed by atoms with Crippen LogP contribution in [0.1, 0.15) is 26.5 Å². The highest BCUT2D eigenvalue weighted by atomic mass is 32.1. The van der Waals surface area contributed by atoms with E-state index >= 15 is 0 Å². The zero-order valence-electron chi connectivity index (χ0n) is 17.2. The molecular weight excluding hydrogens is 454 g/mol. The van der Waals surface area contributed by atoms with Crippen molar-refractivity contribution >= 4 is 39.6 Å². The first-order valence-electron chi connectivity index (χ1n) is 9.71. The minimum Gasteiger partial charge on any atom is -0.493 e. The topological polar surface area (TPSA) is 115 Å². The number of amides is 2. The summed E-state index contributed by atoms with van der Waals surface area (Å²) in [6.07, 6.45) is 0. The zero-order chi connectivity index (χ0) is 22.3. The predicted octanol–water partition coefficient (Wildman–Crippen LogP) is 2.10. The summed E-state index contributed by atoms with van der Waals surface area (Å²) in [5, 5.41) is 4.30. The molecule has 0 atom stereocenters. The first-order chi connectivity index (χ1) is 15.6. The number of anilines is 1. The molecule has 2 N–H and O–H groups in total. The first-order valence-corrected chi connectivity index (χ1v) is 11.5. The van der Waals surface area contributed by atoms with Gasteiger partial charge in [0.1, 0.15) is 12.3 Å². The summed E-state index contributed by atoms with van der Waals surface area (Å²) >= 11 is 2.86. The summed E-state index contributed by atoms with van der Waals surface area (Å²) in [4.78, 5) is 35.4. The number of benzene rings is 1. The monoisotopic (exact) mass is 475 g/mol. The van der Waals surface area contributed by atoms with E-state index < -0.39 is 11.8 Å². The number of hydrogen-bond donors (Lipinski definition) is 2. The Morgan fingerprint density at radius 3 is 2.72 bits per heavy atom. The van der Waals surface area contributed by atoms with E-state index in [1.54, 1.807) is 23.0 Å². The lowest BCUT2D eigenvalue weighted by atomic mass is 10.2. The van der Waals surface area contributed by atoms with Crippen LogP contribution in [0.2, 0.25) is 0 Å². The van der Waals surface area contributed by atoms with E-state index in [0.29, 0.717) is 36.9 Å². The normalized spacial score (nSPS) is 13.5. The number of hydrogen-bond acceptors (Lipinski definition) is 10. The Balaban J connectivity index is 1.33. The van der Waals surface area contributed by atoms with Crippen LogP contribution in [0, 0.1) is 0 Å². The fraction of sp³-hybridized carbons (Fsp3) is 0.300. The standard InChI is InChI=1S/C20H21N5O5S2/c1-28-17-8-13(2-3-16(17)30-9-14-10-31-12-21-14)18(26)23-24-19(27)15-11-32-20(22-15)25-4-6-29-7-5-25/h2-3,8,10-12H,4-7,9H2,1H3,(H,23,26)(H,24,27). The maximum Gasteiger partial charge on any atom is 0.289 e. The van der Waals surface area contributed by atoms with Crippen LogP contribution in [0.5, 0.6) is 11.5 Å². The number of thiazole rings is 2. The molecule has 1 aromatic carbocycles. The summed E-state index contributed by atoms with van der Waals surface area (Å²) in [6.45, 7) is 3.03.